The van der Waals surface area contributed by atoms with E-state index >= 15 is 0 Å². The first kappa shape index (κ1) is 12.1. The van der Waals surface area contributed by atoms with Gasteiger partial charge < -0.3 is 5.11 Å². The Labute approximate surface area is 93.1 Å². The molecule has 0 bridgehead atoms. The summed E-state index contributed by atoms with van der Waals surface area (Å²) < 4.78 is 0. The van der Waals surface area contributed by atoms with Crippen LogP contribution in [0.2, 0.25) is 0 Å². The van der Waals surface area contributed by atoms with Crippen molar-refractivity contribution in [3.05, 3.63) is 28.8 Å². The van der Waals surface area contributed by atoms with Crippen LogP contribution in [0.4, 0.5) is 0 Å². The second-order valence-corrected chi connectivity index (χ2v) is 4.77. The number of aromatic hydroxyl groups is 1. The Morgan fingerprint density at radius 1 is 1.07 bits per heavy atom. The Bertz CT molecular complexity index is 337. The van der Waals surface area contributed by atoms with Gasteiger partial charge in [0, 0.05) is 0 Å². The fourth-order valence-electron chi connectivity index (χ4n) is 1.93. The minimum Gasteiger partial charge on any atom is -0.508 e. The van der Waals surface area contributed by atoms with Crippen LogP contribution in [0.25, 0.3) is 0 Å². The van der Waals surface area contributed by atoms with Crippen LogP contribution in [0.3, 0.4) is 0 Å². The van der Waals surface area contributed by atoms with E-state index in [2.05, 4.69) is 40.7 Å². The molecule has 0 radical (unpaired) electrons. The molecular weight excluding hydrogens is 184 g/mol. The molecule has 1 heteroatoms. The molecule has 0 spiro atoms. The molecule has 1 aromatic carbocycles. The molecule has 1 nitrogen and oxygen atoms in total. The third-order valence-electron chi connectivity index (χ3n) is 2.93. The number of hydrogen-bond acceptors (Lipinski definition) is 1. The molecule has 1 aromatic rings. The average Bonchev–Trinajstić information content (AvgIpc) is 2.16. The predicted molar refractivity (Wildman–Crippen MR) is 65.7 cm³/mol. The summed E-state index contributed by atoms with van der Waals surface area (Å²) in [6, 6.07) is 4.16. The van der Waals surface area contributed by atoms with E-state index < -0.39 is 0 Å². The molecule has 0 unspecified atom stereocenters. The van der Waals surface area contributed by atoms with Gasteiger partial charge in [-0.1, -0.05) is 40.7 Å². The predicted octanol–water partition coefficient (Wildman–Crippen LogP) is 4.20. The van der Waals surface area contributed by atoms with Gasteiger partial charge in [0.1, 0.15) is 5.75 Å². The molecule has 15 heavy (non-hydrogen) atoms. The first-order valence-electron chi connectivity index (χ1n) is 5.83. The summed E-state index contributed by atoms with van der Waals surface area (Å²) in [5, 5.41) is 9.97. The zero-order chi connectivity index (χ0) is 11.6. The van der Waals surface area contributed by atoms with E-state index in [4.69, 9.17) is 0 Å². The molecule has 0 aromatic heterocycles. The Morgan fingerprint density at radius 2 is 1.67 bits per heavy atom. The summed E-state index contributed by atoms with van der Waals surface area (Å²) >= 11 is 0. The molecule has 0 heterocycles. The van der Waals surface area contributed by atoms with Crippen LogP contribution in [-0.4, -0.2) is 5.11 Å². The maximum absolute atomic E-state index is 9.97. The van der Waals surface area contributed by atoms with Gasteiger partial charge in [0.25, 0.3) is 0 Å². The molecule has 0 saturated heterocycles. The van der Waals surface area contributed by atoms with Crippen LogP contribution in [0.5, 0.6) is 5.75 Å². The lowest BCUT2D eigenvalue weighted by molar-refractivity contribution is 0.465. The fourth-order valence-corrected chi connectivity index (χ4v) is 1.93. The highest BCUT2D eigenvalue weighted by Crippen LogP contribution is 2.32. The monoisotopic (exact) mass is 206 g/mol. The van der Waals surface area contributed by atoms with Crippen molar-refractivity contribution in [3.63, 3.8) is 0 Å². The van der Waals surface area contributed by atoms with Crippen molar-refractivity contribution in [1.82, 2.24) is 0 Å². The lowest BCUT2D eigenvalue weighted by Crippen LogP contribution is -1.99. The Hall–Kier alpha value is -0.980. The largest absolute Gasteiger partial charge is 0.508 e. The van der Waals surface area contributed by atoms with E-state index in [9.17, 15) is 5.11 Å². The van der Waals surface area contributed by atoms with Gasteiger partial charge in [-0.2, -0.15) is 0 Å². The van der Waals surface area contributed by atoms with Crippen LogP contribution < -0.4 is 0 Å². The van der Waals surface area contributed by atoms with Crippen molar-refractivity contribution in [2.24, 2.45) is 0 Å². The quantitative estimate of drug-likeness (QED) is 0.785. The Morgan fingerprint density at radius 3 is 2.07 bits per heavy atom. The highest BCUT2D eigenvalue weighted by Gasteiger charge is 2.12. The van der Waals surface area contributed by atoms with Gasteiger partial charge in [-0.15, -0.1) is 0 Å². The van der Waals surface area contributed by atoms with Crippen molar-refractivity contribution >= 4 is 0 Å². The maximum Gasteiger partial charge on any atom is 0.119 e. The second kappa shape index (κ2) is 4.69. The molecular formula is C14H22O. The van der Waals surface area contributed by atoms with Crippen molar-refractivity contribution in [2.75, 3.05) is 0 Å². The standard InChI is InChI=1S/C14H22O/c1-6-12-13(10(4)5)7-11(9(2)3)8-14(12)15/h7-10,15H,6H2,1-5H3. The smallest absolute Gasteiger partial charge is 0.119 e. The normalized spacial score (nSPS) is 11.4. The minimum absolute atomic E-state index is 0.465. The number of benzene rings is 1. The summed E-state index contributed by atoms with van der Waals surface area (Å²) in [5.41, 5.74) is 3.63. The average molecular weight is 206 g/mol. The van der Waals surface area contributed by atoms with Crippen LogP contribution in [0.1, 0.15) is 63.1 Å². The zero-order valence-electron chi connectivity index (χ0n) is 10.5. The number of phenols is 1. The zero-order valence-corrected chi connectivity index (χ0v) is 10.5. The summed E-state index contributed by atoms with van der Waals surface area (Å²) in [5.74, 6) is 1.41. The van der Waals surface area contributed by atoms with Gasteiger partial charge in [0.05, 0.1) is 0 Å². The summed E-state index contributed by atoms with van der Waals surface area (Å²) in [6.07, 6.45) is 0.901. The molecule has 0 saturated carbocycles. The van der Waals surface area contributed by atoms with Gasteiger partial charge in [-0.05, 0) is 41.0 Å². The molecule has 0 fully saturated rings. The molecule has 1 rings (SSSR count). The van der Waals surface area contributed by atoms with Crippen molar-refractivity contribution < 1.29 is 5.11 Å². The number of phenolic OH excluding ortho intramolecular Hbond substituents is 1. The van der Waals surface area contributed by atoms with Crippen LogP contribution in [-0.2, 0) is 6.42 Å². The van der Waals surface area contributed by atoms with Crippen LogP contribution >= 0.6 is 0 Å². The van der Waals surface area contributed by atoms with Gasteiger partial charge >= 0.3 is 0 Å². The number of hydrogen-bond donors (Lipinski definition) is 1. The third kappa shape index (κ3) is 2.53. The Kier molecular flexibility index (Phi) is 3.78. The molecule has 84 valence electrons. The van der Waals surface area contributed by atoms with E-state index in [1.807, 2.05) is 6.07 Å². The number of rotatable bonds is 3. The topological polar surface area (TPSA) is 20.2 Å². The van der Waals surface area contributed by atoms with Gasteiger partial charge in [-0.25, -0.2) is 0 Å². The molecule has 0 amide bonds. The summed E-state index contributed by atoms with van der Waals surface area (Å²) in [7, 11) is 0. The lowest BCUT2D eigenvalue weighted by Gasteiger charge is -2.17. The second-order valence-electron chi connectivity index (χ2n) is 4.77. The molecule has 0 aliphatic rings. The van der Waals surface area contributed by atoms with Crippen molar-refractivity contribution in [3.8, 4) is 5.75 Å². The highest BCUT2D eigenvalue weighted by atomic mass is 16.3. The summed E-state index contributed by atoms with van der Waals surface area (Å²) in [4.78, 5) is 0. The fraction of sp³-hybridized carbons (Fsp3) is 0.571. The maximum atomic E-state index is 9.97. The van der Waals surface area contributed by atoms with E-state index in [1.165, 1.54) is 11.1 Å². The first-order valence-corrected chi connectivity index (χ1v) is 5.83. The first-order chi connectivity index (χ1) is 6.97. The Balaban J connectivity index is 3.32. The SMILES string of the molecule is CCc1c(O)cc(C(C)C)cc1C(C)C. The van der Waals surface area contributed by atoms with E-state index in [0.717, 1.165) is 12.0 Å². The van der Waals surface area contributed by atoms with Gasteiger partial charge in [-0.3, -0.25) is 0 Å². The van der Waals surface area contributed by atoms with Crippen LogP contribution in [0, 0.1) is 0 Å². The molecule has 0 aliphatic heterocycles. The van der Waals surface area contributed by atoms with E-state index in [0.29, 0.717) is 17.6 Å². The van der Waals surface area contributed by atoms with Crippen LogP contribution in [0.15, 0.2) is 12.1 Å². The van der Waals surface area contributed by atoms with Gasteiger partial charge in [0.2, 0.25) is 0 Å². The van der Waals surface area contributed by atoms with Crippen molar-refractivity contribution in [2.45, 2.75) is 52.9 Å². The molecule has 0 atom stereocenters. The minimum atomic E-state index is 0.465. The molecule has 1 N–H and O–H groups in total. The highest BCUT2D eigenvalue weighted by molar-refractivity contribution is 5.45. The molecule has 0 aliphatic carbocycles. The van der Waals surface area contributed by atoms with Gasteiger partial charge in [0.15, 0.2) is 0 Å². The van der Waals surface area contributed by atoms with E-state index in [-0.39, 0.29) is 0 Å². The van der Waals surface area contributed by atoms with E-state index in [1.54, 1.807) is 0 Å². The van der Waals surface area contributed by atoms with Crippen molar-refractivity contribution in [1.29, 1.82) is 0 Å². The lowest BCUT2D eigenvalue weighted by atomic mass is 9.90. The third-order valence-corrected chi connectivity index (χ3v) is 2.93. The summed E-state index contributed by atoms with van der Waals surface area (Å²) in [6.45, 7) is 10.8.